The van der Waals surface area contributed by atoms with Crippen molar-refractivity contribution < 1.29 is 27.2 Å². The Balaban J connectivity index is 1.33. The Bertz CT molecular complexity index is 1610. The first-order valence-electron chi connectivity index (χ1n) is 14.2. The van der Waals surface area contributed by atoms with Gasteiger partial charge in [0, 0.05) is 23.4 Å². The number of carbonyl (C=O) groups is 2. The van der Waals surface area contributed by atoms with Gasteiger partial charge >= 0.3 is 6.18 Å². The lowest BCUT2D eigenvalue weighted by Gasteiger charge is -2.18. The summed E-state index contributed by atoms with van der Waals surface area (Å²) in [4.78, 5) is 33.3. The lowest BCUT2D eigenvalue weighted by Crippen LogP contribution is -2.23. The number of nitrogens with zero attached hydrogens (tertiary/aromatic N) is 2. The van der Waals surface area contributed by atoms with Crippen molar-refractivity contribution in [3.05, 3.63) is 112 Å². The number of benzene rings is 2. The molecule has 42 heavy (non-hydrogen) atoms. The first kappa shape index (κ1) is 27.8. The lowest BCUT2D eigenvalue weighted by molar-refractivity contribution is -0.137. The Morgan fingerprint density at radius 2 is 1.81 bits per heavy atom. The maximum Gasteiger partial charge on any atom is 0.416 e. The van der Waals surface area contributed by atoms with E-state index in [0.29, 0.717) is 42.7 Å². The summed E-state index contributed by atoms with van der Waals surface area (Å²) in [6.07, 6.45) is 0.630. The van der Waals surface area contributed by atoms with E-state index in [2.05, 4.69) is 5.32 Å². The zero-order valence-corrected chi connectivity index (χ0v) is 23.1. The Hall–Kier alpha value is -4.40. The minimum atomic E-state index is -4.38. The van der Waals surface area contributed by atoms with Crippen molar-refractivity contribution in [1.82, 2.24) is 15.2 Å². The van der Waals surface area contributed by atoms with Crippen LogP contribution in [0.25, 0.3) is 11.1 Å². The molecule has 0 saturated carbocycles. The van der Waals surface area contributed by atoms with E-state index < -0.39 is 11.7 Å². The second-order valence-corrected chi connectivity index (χ2v) is 10.7. The number of rotatable bonds is 8. The average molecular weight is 574 g/mol. The predicted octanol–water partition coefficient (Wildman–Crippen LogP) is 6.93. The standard InChI is InChI=1S/C33H30F3N3O3/c1-2-25-26(16-9-20-7-14-23(15-8-20)33(34,35)36)38-30-27-6-3-17-39(27)32(41)29(30)28(25)21-10-12-22(13-11-21)31(40)37-19-24-5-4-18-42-24/h4-5,7-8,10-15,18,27H,2-3,6,9,16-17,19H2,1H3,(H,37,40)/t27-/m0/s1. The van der Waals surface area contributed by atoms with Crippen LogP contribution in [0.4, 0.5) is 13.2 Å². The predicted molar refractivity (Wildman–Crippen MR) is 151 cm³/mol. The van der Waals surface area contributed by atoms with Crippen LogP contribution in [0.1, 0.15) is 80.4 Å². The molecule has 1 saturated heterocycles. The third-order valence-electron chi connectivity index (χ3n) is 8.18. The van der Waals surface area contributed by atoms with Gasteiger partial charge in [0.15, 0.2) is 0 Å². The third-order valence-corrected chi connectivity index (χ3v) is 8.18. The van der Waals surface area contributed by atoms with Gasteiger partial charge in [0.1, 0.15) is 5.76 Å². The van der Waals surface area contributed by atoms with E-state index in [9.17, 15) is 22.8 Å². The van der Waals surface area contributed by atoms with Crippen LogP contribution in [0, 0.1) is 0 Å². The summed E-state index contributed by atoms with van der Waals surface area (Å²) < 4.78 is 44.4. The summed E-state index contributed by atoms with van der Waals surface area (Å²) in [6, 6.07) is 16.0. The highest BCUT2D eigenvalue weighted by molar-refractivity contribution is 6.06. The van der Waals surface area contributed by atoms with Gasteiger partial charge in [-0.05, 0) is 85.2 Å². The number of pyridine rings is 1. The van der Waals surface area contributed by atoms with E-state index in [0.717, 1.165) is 58.6 Å². The molecule has 2 aliphatic heterocycles. The number of halogens is 3. The molecule has 0 unspecified atom stereocenters. The van der Waals surface area contributed by atoms with Crippen LogP contribution in [-0.4, -0.2) is 28.2 Å². The summed E-state index contributed by atoms with van der Waals surface area (Å²) in [5, 5.41) is 2.85. The molecule has 1 fully saturated rings. The number of hydrogen-bond donors (Lipinski definition) is 1. The second kappa shape index (κ2) is 11.1. The Morgan fingerprint density at radius 1 is 1.05 bits per heavy atom. The number of aromatic nitrogens is 1. The molecule has 0 bridgehead atoms. The minimum absolute atomic E-state index is 0.0146. The number of fused-ring (bicyclic) bond motifs is 3. The van der Waals surface area contributed by atoms with E-state index in [-0.39, 0.29) is 24.4 Å². The topological polar surface area (TPSA) is 75.4 Å². The van der Waals surface area contributed by atoms with Crippen molar-refractivity contribution in [2.24, 2.45) is 0 Å². The molecule has 0 aliphatic carbocycles. The van der Waals surface area contributed by atoms with Gasteiger partial charge in [-0.15, -0.1) is 0 Å². The Kier molecular flexibility index (Phi) is 7.35. The van der Waals surface area contributed by atoms with Crippen LogP contribution in [-0.2, 0) is 32.0 Å². The first-order valence-corrected chi connectivity index (χ1v) is 14.2. The third kappa shape index (κ3) is 5.19. The minimum Gasteiger partial charge on any atom is -0.467 e. The van der Waals surface area contributed by atoms with Crippen LogP contribution >= 0.6 is 0 Å². The van der Waals surface area contributed by atoms with Crippen LogP contribution in [0.15, 0.2) is 71.3 Å². The van der Waals surface area contributed by atoms with Gasteiger partial charge in [-0.2, -0.15) is 13.2 Å². The lowest BCUT2D eigenvalue weighted by atomic mass is 9.88. The summed E-state index contributed by atoms with van der Waals surface area (Å²) in [5.41, 5.74) is 5.50. The fourth-order valence-electron chi connectivity index (χ4n) is 6.09. The molecule has 0 spiro atoms. The molecule has 4 heterocycles. The van der Waals surface area contributed by atoms with Crippen molar-refractivity contribution in [3.63, 3.8) is 0 Å². The highest BCUT2D eigenvalue weighted by Gasteiger charge is 2.43. The fraction of sp³-hybridized carbons (Fsp3) is 0.303. The normalized spacial score (nSPS) is 16.0. The van der Waals surface area contributed by atoms with Crippen LogP contribution < -0.4 is 5.32 Å². The van der Waals surface area contributed by atoms with E-state index in [1.54, 1.807) is 30.5 Å². The molecular weight excluding hydrogens is 543 g/mol. The molecule has 9 heteroatoms. The van der Waals surface area contributed by atoms with E-state index in [1.807, 2.05) is 24.0 Å². The maximum absolute atomic E-state index is 13.6. The van der Waals surface area contributed by atoms with Crippen molar-refractivity contribution in [1.29, 1.82) is 0 Å². The molecule has 1 N–H and O–H groups in total. The second-order valence-electron chi connectivity index (χ2n) is 10.7. The van der Waals surface area contributed by atoms with Crippen LogP contribution in [0.5, 0.6) is 0 Å². The summed E-state index contributed by atoms with van der Waals surface area (Å²) in [5.74, 6) is 0.407. The monoisotopic (exact) mass is 573 g/mol. The zero-order valence-electron chi connectivity index (χ0n) is 23.1. The number of aryl methyl sites for hydroxylation is 2. The van der Waals surface area contributed by atoms with E-state index in [4.69, 9.17) is 9.40 Å². The number of hydrogen-bond acceptors (Lipinski definition) is 4. The summed E-state index contributed by atoms with van der Waals surface area (Å²) in [6.45, 7) is 2.99. The smallest absolute Gasteiger partial charge is 0.416 e. The van der Waals surface area contributed by atoms with Gasteiger partial charge in [-0.3, -0.25) is 14.6 Å². The number of nitrogens with one attached hydrogen (secondary N) is 1. The van der Waals surface area contributed by atoms with Crippen LogP contribution in [0.2, 0.25) is 0 Å². The van der Waals surface area contributed by atoms with Crippen molar-refractivity contribution in [2.45, 2.75) is 57.8 Å². The molecule has 0 radical (unpaired) electrons. The van der Waals surface area contributed by atoms with E-state index in [1.165, 1.54) is 12.1 Å². The van der Waals surface area contributed by atoms with Crippen molar-refractivity contribution >= 4 is 11.8 Å². The van der Waals surface area contributed by atoms with Gasteiger partial charge in [-0.25, -0.2) is 0 Å². The van der Waals surface area contributed by atoms with Crippen LogP contribution in [0.3, 0.4) is 0 Å². The molecule has 2 aliphatic rings. The fourth-order valence-corrected chi connectivity index (χ4v) is 6.09. The van der Waals surface area contributed by atoms with Gasteiger partial charge in [0.25, 0.3) is 11.8 Å². The summed E-state index contributed by atoms with van der Waals surface area (Å²) >= 11 is 0. The molecule has 216 valence electrons. The number of carbonyl (C=O) groups excluding carboxylic acids is 2. The molecule has 6 nitrogen and oxygen atoms in total. The molecule has 4 aromatic rings. The van der Waals surface area contributed by atoms with Crippen molar-refractivity contribution in [2.75, 3.05) is 6.54 Å². The first-order chi connectivity index (χ1) is 20.2. The Labute approximate surface area is 241 Å². The number of amides is 2. The highest BCUT2D eigenvalue weighted by Crippen LogP contribution is 2.45. The average Bonchev–Trinajstić information content (AvgIpc) is 3.74. The van der Waals surface area contributed by atoms with E-state index >= 15 is 0 Å². The number of furan rings is 1. The maximum atomic E-state index is 13.6. The quantitative estimate of drug-likeness (QED) is 0.248. The zero-order chi connectivity index (χ0) is 29.4. The molecule has 2 amide bonds. The highest BCUT2D eigenvalue weighted by atomic mass is 19.4. The Morgan fingerprint density at radius 3 is 2.48 bits per heavy atom. The molecule has 2 aromatic carbocycles. The molecular formula is C33H30F3N3O3. The molecule has 2 aromatic heterocycles. The van der Waals surface area contributed by atoms with Gasteiger partial charge < -0.3 is 14.6 Å². The molecule has 6 rings (SSSR count). The summed E-state index contributed by atoms with van der Waals surface area (Å²) in [7, 11) is 0. The molecule has 1 atom stereocenters. The largest absolute Gasteiger partial charge is 0.467 e. The van der Waals surface area contributed by atoms with Gasteiger partial charge in [0.2, 0.25) is 0 Å². The number of alkyl halides is 3. The van der Waals surface area contributed by atoms with Gasteiger partial charge in [0.05, 0.1) is 35.7 Å². The SMILES string of the molecule is CCc1c(CCc2ccc(C(F)(F)F)cc2)nc2c(c1-c1ccc(C(=O)NCc3ccco3)cc1)C(=O)N1CCC[C@@H]21. The van der Waals surface area contributed by atoms with Crippen molar-refractivity contribution in [3.8, 4) is 11.1 Å². The van der Waals surface area contributed by atoms with Gasteiger partial charge in [-0.1, -0.05) is 31.2 Å².